The largest absolute Gasteiger partial charge is 0.341 e. The lowest BCUT2D eigenvalue weighted by Crippen LogP contribution is -2.34. The van der Waals surface area contributed by atoms with E-state index in [1.165, 1.54) is 4.31 Å². The van der Waals surface area contributed by atoms with Crippen molar-refractivity contribution in [2.45, 2.75) is 19.5 Å². The summed E-state index contributed by atoms with van der Waals surface area (Å²) < 4.78 is 26.9. The summed E-state index contributed by atoms with van der Waals surface area (Å²) in [5.41, 5.74) is 4.44. The molecule has 0 unspecified atom stereocenters. The Balaban J connectivity index is 1.73. The summed E-state index contributed by atoms with van der Waals surface area (Å²) in [4.78, 5) is 13.7. The molecular weight excluding hydrogens is 456 g/mol. The molecule has 0 aromatic heterocycles. The van der Waals surface area contributed by atoms with E-state index in [9.17, 15) is 13.2 Å². The highest BCUT2D eigenvalue weighted by atomic mass is 32.2. The summed E-state index contributed by atoms with van der Waals surface area (Å²) in [5.74, 6) is -0.348. The summed E-state index contributed by atoms with van der Waals surface area (Å²) in [6.45, 7) is 2.14. The molecule has 0 saturated carbocycles. The molecule has 0 heterocycles. The van der Waals surface area contributed by atoms with E-state index < -0.39 is 16.1 Å². The minimum absolute atomic E-state index is 0.129. The number of hydrogen-bond donors (Lipinski definition) is 1. The Morgan fingerprint density at radius 2 is 1.37 bits per heavy atom. The van der Waals surface area contributed by atoms with Crippen LogP contribution in [0.5, 0.6) is 0 Å². The molecule has 0 aliphatic carbocycles. The number of nitrogens with zero attached hydrogens (tertiary/aromatic N) is 1. The molecule has 5 nitrogen and oxygen atoms in total. The minimum atomic E-state index is -3.66. The number of nitrogens with one attached hydrogen (secondary N) is 1. The third-order valence-corrected chi connectivity index (χ3v) is 7.02. The zero-order valence-corrected chi connectivity index (χ0v) is 20.6. The molecule has 0 saturated heterocycles. The van der Waals surface area contributed by atoms with E-state index in [-0.39, 0.29) is 12.5 Å². The van der Waals surface area contributed by atoms with Crippen LogP contribution < -0.4 is 9.62 Å². The van der Waals surface area contributed by atoms with Crippen LogP contribution in [-0.2, 0) is 16.6 Å². The monoisotopic (exact) mass is 484 g/mol. The molecule has 1 amide bonds. The molecule has 4 aromatic carbocycles. The molecule has 0 radical (unpaired) electrons. The van der Waals surface area contributed by atoms with Crippen molar-refractivity contribution in [3.63, 3.8) is 0 Å². The number of anilines is 1. The van der Waals surface area contributed by atoms with Gasteiger partial charge < -0.3 is 5.32 Å². The van der Waals surface area contributed by atoms with Crippen LogP contribution in [0.15, 0.2) is 109 Å². The van der Waals surface area contributed by atoms with Crippen LogP contribution >= 0.6 is 0 Å². The molecule has 1 N–H and O–H groups in total. The predicted octanol–water partition coefficient (Wildman–Crippen LogP) is 5.48. The number of rotatable bonds is 8. The van der Waals surface area contributed by atoms with Crippen molar-refractivity contribution in [1.82, 2.24) is 5.32 Å². The number of para-hydroxylation sites is 1. The van der Waals surface area contributed by atoms with Crippen molar-refractivity contribution in [3.05, 3.63) is 137 Å². The van der Waals surface area contributed by atoms with E-state index in [1.54, 1.807) is 24.3 Å². The molecule has 6 heteroatoms. The Hall–Kier alpha value is -3.90. The van der Waals surface area contributed by atoms with Gasteiger partial charge >= 0.3 is 0 Å². The van der Waals surface area contributed by atoms with Crippen molar-refractivity contribution >= 4 is 21.6 Å². The van der Waals surface area contributed by atoms with Crippen molar-refractivity contribution in [3.8, 4) is 0 Å². The SMILES string of the molecule is Cc1ccccc1[C@@H](NC(=O)c1ccccc1N(Cc1ccccc1)S(C)(=O)=O)c1ccccc1. The van der Waals surface area contributed by atoms with Gasteiger partial charge in [-0.1, -0.05) is 97.1 Å². The topological polar surface area (TPSA) is 66.5 Å². The zero-order chi connectivity index (χ0) is 24.8. The van der Waals surface area contributed by atoms with E-state index in [0.717, 1.165) is 28.5 Å². The molecule has 1 atom stereocenters. The Morgan fingerprint density at radius 1 is 0.800 bits per heavy atom. The maximum Gasteiger partial charge on any atom is 0.254 e. The van der Waals surface area contributed by atoms with E-state index >= 15 is 0 Å². The van der Waals surface area contributed by atoms with Gasteiger partial charge in [0.2, 0.25) is 10.0 Å². The first-order valence-corrected chi connectivity index (χ1v) is 13.2. The molecule has 35 heavy (non-hydrogen) atoms. The molecular formula is C29H28N2O3S. The number of aryl methyl sites for hydroxylation is 1. The highest BCUT2D eigenvalue weighted by Crippen LogP contribution is 2.29. The zero-order valence-electron chi connectivity index (χ0n) is 19.8. The van der Waals surface area contributed by atoms with Crippen LogP contribution in [0, 0.1) is 6.92 Å². The lowest BCUT2D eigenvalue weighted by atomic mass is 9.94. The smallest absolute Gasteiger partial charge is 0.254 e. The van der Waals surface area contributed by atoms with E-state index in [4.69, 9.17) is 0 Å². The lowest BCUT2D eigenvalue weighted by Gasteiger charge is -2.26. The third-order valence-electron chi connectivity index (χ3n) is 5.89. The van der Waals surface area contributed by atoms with Crippen molar-refractivity contribution in [2.75, 3.05) is 10.6 Å². The van der Waals surface area contributed by atoms with Gasteiger partial charge in [0.1, 0.15) is 0 Å². The molecule has 0 aliphatic rings. The summed E-state index contributed by atoms with van der Waals surface area (Å²) in [5, 5.41) is 3.16. The number of carbonyl (C=O) groups is 1. The van der Waals surface area contributed by atoms with Gasteiger partial charge in [-0.15, -0.1) is 0 Å². The average molecular weight is 485 g/mol. The fourth-order valence-corrected chi connectivity index (χ4v) is 5.02. The third kappa shape index (κ3) is 5.78. The highest BCUT2D eigenvalue weighted by Gasteiger charge is 2.26. The molecule has 4 rings (SSSR count). The maximum atomic E-state index is 13.7. The van der Waals surface area contributed by atoms with Gasteiger partial charge in [0.15, 0.2) is 0 Å². The first-order chi connectivity index (χ1) is 16.8. The number of hydrogen-bond acceptors (Lipinski definition) is 3. The van der Waals surface area contributed by atoms with Crippen molar-refractivity contribution in [2.24, 2.45) is 0 Å². The number of benzene rings is 4. The van der Waals surface area contributed by atoms with Gasteiger partial charge in [-0.25, -0.2) is 8.42 Å². The second kappa shape index (κ2) is 10.6. The minimum Gasteiger partial charge on any atom is -0.341 e. The summed E-state index contributed by atoms with van der Waals surface area (Å²) in [6.07, 6.45) is 1.16. The summed E-state index contributed by atoms with van der Waals surface area (Å²) in [7, 11) is -3.66. The molecule has 0 fully saturated rings. The molecule has 0 aliphatic heterocycles. The first-order valence-electron chi connectivity index (χ1n) is 11.4. The fourth-order valence-electron chi connectivity index (χ4n) is 4.12. The first kappa shape index (κ1) is 24.2. The Morgan fingerprint density at radius 3 is 2.03 bits per heavy atom. The Kier molecular flexibility index (Phi) is 7.32. The van der Waals surface area contributed by atoms with Crippen molar-refractivity contribution in [1.29, 1.82) is 0 Å². The Bertz CT molecular complexity index is 1400. The molecule has 0 spiro atoms. The molecule has 4 aromatic rings. The van der Waals surface area contributed by atoms with Crippen LogP contribution in [0.3, 0.4) is 0 Å². The summed E-state index contributed by atoms with van der Waals surface area (Å²) in [6, 6.07) is 33.4. The normalized spacial score (nSPS) is 12.1. The van der Waals surface area contributed by atoms with E-state index in [1.807, 2.05) is 91.9 Å². The molecule has 0 bridgehead atoms. The van der Waals surface area contributed by atoms with Crippen LogP contribution in [0.25, 0.3) is 0 Å². The van der Waals surface area contributed by atoms with Crippen LogP contribution in [0.1, 0.15) is 38.7 Å². The van der Waals surface area contributed by atoms with E-state index in [0.29, 0.717) is 11.3 Å². The van der Waals surface area contributed by atoms with Crippen LogP contribution in [0.4, 0.5) is 5.69 Å². The highest BCUT2D eigenvalue weighted by molar-refractivity contribution is 7.92. The lowest BCUT2D eigenvalue weighted by molar-refractivity contribution is 0.0943. The van der Waals surface area contributed by atoms with Crippen LogP contribution in [-0.4, -0.2) is 20.6 Å². The van der Waals surface area contributed by atoms with Gasteiger partial charge in [-0.3, -0.25) is 9.10 Å². The van der Waals surface area contributed by atoms with E-state index in [2.05, 4.69) is 5.32 Å². The standard InChI is InChI=1S/C29H28N2O3S/c1-22-13-9-10-18-25(22)28(24-16-7-4-8-17-24)30-29(32)26-19-11-12-20-27(26)31(35(2,33)34)21-23-14-5-3-6-15-23/h3-20,28H,21H2,1-2H3,(H,30,32)/t28-/m0/s1. The second-order valence-electron chi connectivity index (χ2n) is 8.45. The summed E-state index contributed by atoms with van der Waals surface area (Å²) >= 11 is 0. The van der Waals surface area contributed by atoms with Gasteiger partial charge in [0.25, 0.3) is 5.91 Å². The van der Waals surface area contributed by atoms with Crippen molar-refractivity contribution < 1.29 is 13.2 Å². The molecule has 178 valence electrons. The second-order valence-corrected chi connectivity index (χ2v) is 10.4. The quantitative estimate of drug-likeness (QED) is 0.360. The maximum absolute atomic E-state index is 13.7. The Labute approximate surface area is 207 Å². The number of amides is 1. The van der Waals surface area contributed by atoms with Gasteiger partial charge in [0.05, 0.1) is 30.1 Å². The van der Waals surface area contributed by atoms with Gasteiger partial charge in [-0.2, -0.15) is 0 Å². The van der Waals surface area contributed by atoms with Gasteiger partial charge in [0, 0.05) is 0 Å². The fraction of sp³-hybridized carbons (Fsp3) is 0.138. The average Bonchev–Trinajstić information content (AvgIpc) is 2.87. The number of sulfonamides is 1. The van der Waals surface area contributed by atoms with Gasteiger partial charge in [-0.05, 0) is 41.3 Å². The predicted molar refractivity (Wildman–Crippen MR) is 141 cm³/mol. The van der Waals surface area contributed by atoms with Crippen LogP contribution in [0.2, 0.25) is 0 Å². The number of carbonyl (C=O) groups excluding carboxylic acids is 1.